The van der Waals surface area contributed by atoms with Crippen LogP contribution >= 0.6 is 11.8 Å². The maximum Gasteiger partial charge on any atom is 0.0384 e. The second kappa shape index (κ2) is 14.8. The van der Waals surface area contributed by atoms with Gasteiger partial charge < -0.3 is 5.32 Å². The number of aryl methyl sites for hydroxylation is 2. The zero-order valence-electron chi connectivity index (χ0n) is 27.5. The summed E-state index contributed by atoms with van der Waals surface area (Å²) in [6.45, 7) is 6.69. The summed E-state index contributed by atoms with van der Waals surface area (Å²) in [7, 11) is 0. The Hall–Kier alpha value is -5.05. The fourth-order valence-electron chi connectivity index (χ4n) is 6.81. The molecule has 6 aromatic carbocycles. The second-order valence-corrected chi connectivity index (χ2v) is 13.7. The number of thioether (sulfide) groups is 1. The Bertz CT molecular complexity index is 2020. The first kappa shape index (κ1) is 31.5. The van der Waals surface area contributed by atoms with Crippen molar-refractivity contribution in [2.24, 2.45) is 0 Å². The summed E-state index contributed by atoms with van der Waals surface area (Å²) in [6.07, 6.45) is 9.09. The Labute approximate surface area is 290 Å². The van der Waals surface area contributed by atoms with Crippen LogP contribution in [-0.2, 0) is 6.42 Å². The molecule has 1 aliphatic rings. The lowest BCUT2D eigenvalue weighted by Gasteiger charge is -2.25. The summed E-state index contributed by atoms with van der Waals surface area (Å²) < 4.78 is 0. The van der Waals surface area contributed by atoms with E-state index in [9.17, 15) is 0 Å². The molecule has 0 amide bonds. The summed E-state index contributed by atoms with van der Waals surface area (Å²) in [4.78, 5) is 2.45. The van der Waals surface area contributed by atoms with E-state index in [1.807, 2.05) is 11.8 Å². The van der Waals surface area contributed by atoms with Crippen molar-refractivity contribution in [2.45, 2.75) is 43.4 Å². The number of hydrogen-bond acceptors (Lipinski definition) is 2. The van der Waals surface area contributed by atoms with Gasteiger partial charge in [-0.1, -0.05) is 152 Å². The smallest absolute Gasteiger partial charge is 0.0384 e. The van der Waals surface area contributed by atoms with Crippen LogP contribution in [-0.4, -0.2) is 0 Å². The van der Waals surface area contributed by atoms with Crippen LogP contribution in [0.3, 0.4) is 0 Å². The van der Waals surface area contributed by atoms with Crippen molar-refractivity contribution in [3.05, 3.63) is 197 Å². The first-order valence-corrected chi connectivity index (χ1v) is 17.8. The molecule has 0 aliphatic carbocycles. The number of rotatable bonds is 7. The van der Waals surface area contributed by atoms with E-state index in [1.54, 1.807) is 0 Å². The SMILES string of the molecule is C=C1/C=C\CCCCc2ccc(C)c(-c3ccccc3C(c3ccccc3)c3ccc(Nc4ccc(-c5ccccc5)cc4)cc3)c2S1. The van der Waals surface area contributed by atoms with E-state index in [0.29, 0.717) is 0 Å². The topological polar surface area (TPSA) is 12.0 Å². The molecule has 1 aliphatic heterocycles. The zero-order valence-corrected chi connectivity index (χ0v) is 28.3. The highest BCUT2D eigenvalue weighted by Crippen LogP contribution is 2.45. The maximum atomic E-state index is 4.43. The van der Waals surface area contributed by atoms with Crippen molar-refractivity contribution in [1.82, 2.24) is 0 Å². The van der Waals surface area contributed by atoms with Crippen LogP contribution in [0.4, 0.5) is 11.4 Å². The van der Waals surface area contributed by atoms with Gasteiger partial charge in [0, 0.05) is 27.1 Å². The van der Waals surface area contributed by atoms with Gasteiger partial charge in [-0.2, -0.15) is 0 Å². The highest BCUT2D eigenvalue weighted by Gasteiger charge is 2.24. The van der Waals surface area contributed by atoms with Gasteiger partial charge in [0.05, 0.1) is 0 Å². The molecular weight excluding hydrogens is 599 g/mol. The largest absolute Gasteiger partial charge is 0.356 e. The highest BCUT2D eigenvalue weighted by molar-refractivity contribution is 8.03. The predicted molar refractivity (Wildman–Crippen MR) is 207 cm³/mol. The van der Waals surface area contributed by atoms with Crippen LogP contribution in [0.2, 0.25) is 0 Å². The molecule has 1 atom stereocenters. The van der Waals surface area contributed by atoms with Crippen LogP contribution < -0.4 is 5.32 Å². The monoisotopic (exact) mass is 639 g/mol. The lowest BCUT2D eigenvalue weighted by atomic mass is 9.80. The summed E-state index contributed by atoms with van der Waals surface area (Å²) in [5.41, 5.74) is 13.8. The Morgan fingerprint density at radius 1 is 0.625 bits per heavy atom. The van der Waals surface area contributed by atoms with E-state index in [1.165, 1.54) is 67.8 Å². The Balaban J connectivity index is 1.26. The van der Waals surface area contributed by atoms with Crippen LogP contribution in [0.25, 0.3) is 22.3 Å². The molecule has 0 fully saturated rings. The molecule has 1 nitrogen and oxygen atoms in total. The number of nitrogens with one attached hydrogen (secondary N) is 1. The standard InChI is InChI=1S/C46H41NS/c1-33-23-24-39-20-8-4-3-7-15-34(2)48-46(39)44(33)42-21-13-14-22-43(42)45(37-18-11-6-12-19-37)38-27-31-41(32-28-38)47-40-29-25-36(26-30-40)35-16-9-5-10-17-35/h5-7,9-19,21-32,45,47H,2-4,8,20H2,1H3/b15-7-. The quantitative estimate of drug-likeness (QED) is 0.174. The van der Waals surface area contributed by atoms with E-state index in [0.717, 1.165) is 29.1 Å². The van der Waals surface area contributed by atoms with E-state index < -0.39 is 0 Å². The molecule has 0 aromatic heterocycles. The average molecular weight is 640 g/mol. The van der Waals surface area contributed by atoms with E-state index in [4.69, 9.17) is 0 Å². The van der Waals surface area contributed by atoms with Gasteiger partial charge in [-0.05, 0) is 107 Å². The van der Waals surface area contributed by atoms with Crippen LogP contribution in [0, 0.1) is 6.92 Å². The van der Waals surface area contributed by atoms with E-state index in [-0.39, 0.29) is 5.92 Å². The summed E-state index contributed by atoms with van der Waals surface area (Å²) >= 11 is 1.83. The Morgan fingerprint density at radius 2 is 1.25 bits per heavy atom. The third-order valence-corrected chi connectivity index (χ3v) is 10.3. The van der Waals surface area contributed by atoms with Crippen molar-refractivity contribution in [3.63, 3.8) is 0 Å². The number of fused-ring (bicyclic) bond motifs is 1. The van der Waals surface area contributed by atoms with Crippen molar-refractivity contribution < 1.29 is 0 Å². The molecule has 1 unspecified atom stereocenters. The fraction of sp³-hybridized carbons (Fsp3) is 0.130. The van der Waals surface area contributed by atoms with Crippen molar-refractivity contribution in [1.29, 1.82) is 0 Å². The molecule has 6 aromatic rings. The fourth-order valence-corrected chi connectivity index (χ4v) is 7.91. The van der Waals surface area contributed by atoms with Crippen molar-refractivity contribution in [3.8, 4) is 22.3 Å². The molecule has 1 heterocycles. The highest BCUT2D eigenvalue weighted by atomic mass is 32.2. The van der Waals surface area contributed by atoms with Gasteiger partial charge in [-0.15, -0.1) is 0 Å². The minimum atomic E-state index is 0.0736. The number of benzene rings is 6. The number of allylic oxidation sites excluding steroid dienone is 2. The molecular formula is C46H41NS. The van der Waals surface area contributed by atoms with Gasteiger partial charge in [0.25, 0.3) is 0 Å². The average Bonchev–Trinajstić information content (AvgIpc) is 3.13. The predicted octanol–water partition coefficient (Wildman–Crippen LogP) is 13.1. The van der Waals surface area contributed by atoms with Crippen LogP contribution in [0.15, 0.2) is 174 Å². The van der Waals surface area contributed by atoms with Gasteiger partial charge in [0.2, 0.25) is 0 Å². The first-order chi connectivity index (χ1) is 23.6. The molecule has 48 heavy (non-hydrogen) atoms. The van der Waals surface area contributed by atoms with Crippen LogP contribution in [0.5, 0.6) is 0 Å². The lowest BCUT2D eigenvalue weighted by Crippen LogP contribution is -2.07. The van der Waals surface area contributed by atoms with Gasteiger partial charge in [0.15, 0.2) is 0 Å². The number of anilines is 2. The third-order valence-electron chi connectivity index (χ3n) is 9.25. The Morgan fingerprint density at radius 3 is 2.00 bits per heavy atom. The van der Waals surface area contributed by atoms with Gasteiger partial charge in [0.1, 0.15) is 0 Å². The summed E-state index contributed by atoms with van der Waals surface area (Å²) in [6, 6.07) is 52.8. The Kier molecular flexibility index (Phi) is 9.72. The molecule has 7 rings (SSSR count). The van der Waals surface area contributed by atoms with E-state index in [2.05, 4.69) is 177 Å². The summed E-state index contributed by atoms with van der Waals surface area (Å²) in [5.74, 6) is 0.0736. The normalized spacial score (nSPS) is 14.5. The van der Waals surface area contributed by atoms with E-state index >= 15 is 0 Å². The van der Waals surface area contributed by atoms with Crippen molar-refractivity contribution >= 4 is 23.1 Å². The second-order valence-electron chi connectivity index (χ2n) is 12.6. The van der Waals surface area contributed by atoms with Gasteiger partial charge >= 0.3 is 0 Å². The molecule has 0 saturated heterocycles. The lowest BCUT2D eigenvalue weighted by molar-refractivity contribution is 0.740. The van der Waals surface area contributed by atoms with Gasteiger partial charge in [-0.3, -0.25) is 0 Å². The molecule has 0 bridgehead atoms. The molecule has 236 valence electrons. The molecule has 0 spiro atoms. The molecule has 0 radical (unpaired) electrons. The van der Waals surface area contributed by atoms with Crippen molar-refractivity contribution in [2.75, 3.05) is 5.32 Å². The number of hydrogen-bond donors (Lipinski definition) is 1. The first-order valence-electron chi connectivity index (χ1n) is 17.0. The minimum Gasteiger partial charge on any atom is -0.356 e. The van der Waals surface area contributed by atoms with Crippen LogP contribution in [0.1, 0.15) is 53.0 Å². The molecule has 2 heteroatoms. The van der Waals surface area contributed by atoms with Gasteiger partial charge in [-0.25, -0.2) is 0 Å². The zero-order chi connectivity index (χ0) is 32.7. The summed E-state index contributed by atoms with van der Waals surface area (Å²) in [5, 5.41) is 3.62. The maximum absolute atomic E-state index is 4.43. The molecule has 1 N–H and O–H groups in total. The minimum absolute atomic E-state index is 0.0736. The third kappa shape index (κ3) is 7.10. The molecule has 0 saturated carbocycles.